The van der Waals surface area contributed by atoms with Gasteiger partial charge in [-0.1, -0.05) is 18.2 Å². The molecule has 2 aromatic carbocycles. The van der Waals surface area contributed by atoms with Crippen molar-refractivity contribution in [3.05, 3.63) is 47.5 Å². The van der Waals surface area contributed by atoms with Gasteiger partial charge in [0.15, 0.2) is 29.1 Å². The van der Waals surface area contributed by atoms with E-state index in [9.17, 15) is 10.2 Å². The summed E-state index contributed by atoms with van der Waals surface area (Å²) in [6.45, 7) is 3.84. The third-order valence-electron chi connectivity index (χ3n) is 3.97. The summed E-state index contributed by atoms with van der Waals surface area (Å²) >= 11 is 0. The van der Waals surface area contributed by atoms with E-state index in [1.54, 1.807) is 6.07 Å². The van der Waals surface area contributed by atoms with Gasteiger partial charge in [-0.25, -0.2) is 0 Å². The molecule has 0 aliphatic carbocycles. The largest absolute Gasteiger partial charge is 0.504 e. The second kappa shape index (κ2) is 6.35. The van der Waals surface area contributed by atoms with Crippen molar-refractivity contribution in [1.29, 1.82) is 0 Å². The lowest BCUT2D eigenvalue weighted by atomic mass is 10.0. The first-order valence-corrected chi connectivity index (χ1v) is 7.74. The summed E-state index contributed by atoms with van der Waals surface area (Å²) in [6.07, 6.45) is 3.17. The molecule has 2 N–H and O–H groups in total. The molecule has 2 aromatic rings. The van der Waals surface area contributed by atoms with E-state index >= 15 is 0 Å². The smallest absolute Gasteiger partial charge is 0.200 e. The SMILES string of the molecule is CC=Cc1ccc2c(c1)O[C@@H](c1ccc(O)c(O)c1OC)[C@@H](C)O2. The van der Waals surface area contributed by atoms with Gasteiger partial charge in [-0.15, -0.1) is 0 Å². The first-order valence-electron chi connectivity index (χ1n) is 7.74. The topological polar surface area (TPSA) is 68.2 Å². The molecule has 0 fully saturated rings. The van der Waals surface area contributed by atoms with Crippen LogP contribution in [0, 0.1) is 0 Å². The maximum atomic E-state index is 10.0. The fourth-order valence-corrected chi connectivity index (χ4v) is 2.84. The number of methoxy groups -OCH3 is 1. The van der Waals surface area contributed by atoms with Gasteiger partial charge in [0.05, 0.1) is 7.11 Å². The highest BCUT2D eigenvalue weighted by atomic mass is 16.6. The molecule has 0 aromatic heterocycles. The van der Waals surface area contributed by atoms with E-state index in [-0.39, 0.29) is 23.4 Å². The minimum atomic E-state index is -0.472. The highest BCUT2D eigenvalue weighted by Gasteiger charge is 2.33. The fraction of sp³-hybridized carbons (Fsp3) is 0.263. The van der Waals surface area contributed by atoms with Crippen molar-refractivity contribution < 1.29 is 24.4 Å². The predicted molar refractivity (Wildman–Crippen MR) is 90.9 cm³/mol. The monoisotopic (exact) mass is 328 g/mol. The first-order chi connectivity index (χ1) is 11.5. The molecule has 0 unspecified atom stereocenters. The second-order valence-electron chi connectivity index (χ2n) is 5.62. The normalized spacial score (nSPS) is 19.5. The Kier molecular flexibility index (Phi) is 4.25. The number of allylic oxidation sites excluding steroid dienone is 1. The third kappa shape index (κ3) is 2.73. The summed E-state index contributed by atoms with van der Waals surface area (Å²) < 4.78 is 17.3. The van der Waals surface area contributed by atoms with Gasteiger partial charge in [-0.05, 0) is 43.7 Å². The van der Waals surface area contributed by atoms with Gasteiger partial charge in [-0.2, -0.15) is 0 Å². The molecule has 24 heavy (non-hydrogen) atoms. The zero-order chi connectivity index (χ0) is 17.3. The number of fused-ring (bicyclic) bond motifs is 1. The van der Waals surface area contributed by atoms with E-state index in [1.165, 1.54) is 13.2 Å². The van der Waals surface area contributed by atoms with Crippen LogP contribution in [0.1, 0.15) is 31.1 Å². The number of phenolic OH excluding ortho intramolecular Hbond substituents is 2. The fourth-order valence-electron chi connectivity index (χ4n) is 2.84. The van der Waals surface area contributed by atoms with Gasteiger partial charge in [0.25, 0.3) is 0 Å². The molecule has 126 valence electrons. The Morgan fingerprint density at radius 3 is 2.58 bits per heavy atom. The van der Waals surface area contributed by atoms with Crippen LogP contribution < -0.4 is 14.2 Å². The molecule has 0 bridgehead atoms. The van der Waals surface area contributed by atoms with Crippen LogP contribution in [0.15, 0.2) is 36.4 Å². The summed E-state index contributed by atoms with van der Waals surface area (Å²) in [6, 6.07) is 8.82. The van der Waals surface area contributed by atoms with Gasteiger partial charge < -0.3 is 24.4 Å². The maximum absolute atomic E-state index is 10.0. The number of benzene rings is 2. The highest BCUT2D eigenvalue weighted by molar-refractivity contribution is 5.58. The molecular weight excluding hydrogens is 308 g/mol. The summed E-state index contributed by atoms with van der Waals surface area (Å²) in [5, 5.41) is 19.7. The maximum Gasteiger partial charge on any atom is 0.200 e. The summed E-state index contributed by atoms with van der Waals surface area (Å²) in [4.78, 5) is 0. The average Bonchev–Trinajstić information content (AvgIpc) is 2.57. The number of rotatable bonds is 3. The van der Waals surface area contributed by atoms with Gasteiger partial charge in [0.1, 0.15) is 6.10 Å². The lowest BCUT2D eigenvalue weighted by Gasteiger charge is -2.33. The molecule has 1 heterocycles. The number of hydrogen-bond acceptors (Lipinski definition) is 5. The number of ether oxygens (including phenoxy) is 3. The van der Waals surface area contributed by atoms with E-state index in [4.69, 9.17) is 14.2 Å². The van der Waals surface area contributed by atoms with E-state index in [2.05, 4.69) is 0 Å². The van der Waals surface area contributed by atoms with Crippen LogP contribution in [0.25, 0.3) is 6.08 Å². The van der Waals surface area contributed by atoms with Crippen LogP contribution >= 0.6 is 0 Å². The van der Waals surface area contributed by atoms with Crippen LogP contribution in [0.3, 0.4) is 0 Å². The van der Waals surface area contributed by atoms with E-state index in [0.29, 0.717) is 17.1 Å². The highest BCUT2D eigenvalue weighted by Crippen LogP contribution is 2.46. The molecule has 0 spiro atoms. The Morgan fingerprint density at radius 1 is 1.08 bits per heavy atom. The Morgan fingerprint density at radius 2 is 1.88 bits per heavy atom. The molecule has 1 aliphatic rings. The van der Waals surface area contributed by atoms with Gasteiger partial charge in [-0.3, -0.25) is 0 Å². The van der Waals surface area contributed by atoms with Crippen molar-refractivity contribution in [3.63, 3.8) is 0 Å². The standard InChI is InChI=1S/C19H20O5/c1-4-5-12-6-9-15-16(10-12)24-18(11(2)23-15)13-7-8-14(20)17(21)19(13)22-3/h4-11,18,20-21H,1-3H3/t11-,18-/m1/s1. The lowest BCUT2D eigenvalue weighted by molar-refractivity contribution is 0.0290. The molecule has 5 heteroatoms. The van der Waals surface area contributed by atoms with Crippen LogP contribution in [0.4, 0.5) is 0 Å². The predicted octanol–water partition coefficient (Wildman–Crippen LogP) is 4.04. The minimum Gasteiger partial charge on any atom is -0.504 e. The van der Waals surface area contributed by atoms with E-state index in [0.717, 1.165) is 5.56 Å². The zero-order valence-corrected chi connectivity index (χ0v) is 13.8. The summed E-state index contributed by atoms with van der Waals surface area (Å²) in [7, 11) is 1.43. The number of phenols is 2. The molecule has 5 nitrogen and oxygen atoms in total. The Labute approximate surface area is 140 Å². The quantitative estimate of drug-likeness (QED) is 0.832. The number of hydrogen-bond donors (Lipinski definition) is 2. The van der Waals surface area contributed by atoms with Crippen molar-refractivity contribution in [2.75, 3.05) is 7.11 Å². The molecule has 3 rings (SSSR count). The average molecular weight is 328 g/mol. The van der Waals surface area contributed by atoms with E-state index < -0.39 is 6.10 Å². The zero-order valence-electron chi connectivity index (χ0n) is 13.8. The number of aromatic hydroxyl groups is 2. The van der Waals surface area contributed by atoms with Crippen LogP contribution in [0.2, 0.25) is 0 Å². The Balaban J connectivity index is 2.02. The van der Waals surface area contributed by atoms with Gasteiger partial charge >= 0.3 is 0 Å². The molecule has 1 aliphatic heterocycles. The Hall–Kier alpha value is -2.82. The van der Waals surface area contributed by atoms with E-state index in [1.807, 2.05) is 44.2 Å². The van der Waals surface area contributed by atoms with Crippen LogP contribution in [-0.2, 0) is 0 Å². The summed E-state index contributed by atoms with van der Waals surface area (Å²) in [5.74, 6) is 0.941. The van der Waals surface area contributed by atoms with Crippen molar-refractivity contribution in [2.45, 2.75) is 26.1 Å². The second-order valence-corrected chi connectivity index (χ2v) is 5.62. The van der Waals surface area contributed by atoms with Crippen molar-refractivity contribution >= 4 is 6.08 Å². The summed E-state index contributed by atoms with van der Waals surface area (Å²) in [5.41, 5.74) is 1.62. The lowest BCUT2D eigenvalue weighted by Crippen LogP contribution is -2.30. The van der Waals surface area contributed by atoms with Crippen molar-refractivity contribution in [3.8, 4) is 28.7 Å². The molecular formula is C19H20O5. The third-order valence-corrected chi connectivity index (χ3v) is 3.97. The van der Waals surface area contributed by atoms with Crippen LogP contribution in [-0.4, -0.2) is 23.4 Å². The van der Waals surface area contributed by atoms with Gasteiger partial charge in [0.2, 0.25) is 5.75 Å². The minimum absolute atomic E-state index is 0.184. The molecule has 2 atom stereocenters. The molecule has 0 radical (unpaired) electrons. The molecule has 0 saturated heterocycles. The molecule has 0 amide bonds. The van der Waals surface area contributed by atoms with Crippen LogP contribution in [0.5, 0.6) is 28.7 Å². The van der Waals surface area contributed by atoms with Crippen molar-refractivity contribution in [2.24, 2.45) is 0 Å². The van der Waals surface area contributed by atoms with Gasteiger partial charge in [0, 0.05) is 5.56 Å². The Bertz CT molecular complexity index is 782. The first kappa shape index (κ1) is 16.1. The van der Waals surface area contributed by atoms with Crippen molar-refractivity contribution in [1.82, 2.24) is 0 Å². The molecule has 0 saturated carbocycles.